The van der Waals surface area contributed by atoms with Crippen molar-refractivity contribution in [3.8, 4) is 0 Å². The van der Waals surface area contributed by atoms with E-state index in [0.29, 0.717) is 0 Å². The molecular weight excluding hydrogens is 236 g/mol. The van der Waals surface area contributed by atoms with Gasteiger partial charge in [0.05, 0.1) is 0 Å². The summed E-state index contributed by atoms with van der Waals surface area (Å²) in [5.74, 6) is -0.324. The highest BCUT2D eigenvalue weighted by Gasteiger charge is 2.30. The number of hydrogen-bond donors (Lipinski definition) is 1. The van der Waals surface area contributed by atoms with Crippen molar-refractivity contribution in [1.29, 1.82) is 0 Å². The first-order chi connectivity index (χ1) is 5.82. The van der Waals surface area contributed by atoms with E-state index in [-0.39, 0.29) is 10.1 Å². The first-order valence-electron chi connectivity index (χ1n) is 3.20. The van der Waals surface area contributed by atoms with E-state index in [0.717, 1.165) is 22.9 Å². The molecule has 0 fully saturated rings. The van der Waals surface area contributed by atoms with E-state index in [4.69, 9.17) is 16.4 Å². The first-order valence-corrected chi connectivity index (χ1v) is 6.39. The molecule has 1 atom stereocenters. The van der Waals surface area contributed by atoms with Crippen LogP contribution in [0, 0.1) is 0 Å². The van der Waals surface area contributed by atoms with Crippen molar-refractivity contribution in [2.45, 2.75) is 12.4 Å². The standard InChI is InChI=1S/C5H7ClN2O3S2/c1-3(9)8-2-4(12-5(8)7)13(6,10)11/h2,5H,7H2,1H3. The molecule has 0 aromatic rings. The quantitative estimate of drug-likeness (QED) is 0.664. The second-order valence-electron chi connectivity index (χ2n) is 2.32. The van der Waals surface area contributed by atoms with Crippen LogP contribution in [-0.2, 0) is 13.8 Å². The van der Waals surface area contributed by atoms with Gasteiger partial charge in [0.1, 0.15) is 9.73 Å². The zero-order chi connectivity index (χ0) is 10.2. The van der Waals surface area contributed by atoms with Crippen molar-refractivity contribution in [2.75, 3.05) is 0 Å². The highest BCUT2D eigenvalue weighted by atomic mass is 35.7. The summed E-state index contributed by atoms with van der Waals surface area (Å²) in [6.45, 7) is 1.29. The third-order valence-corrected chi connectivity index (χ3v) is 4.47. The lowest BCUT2D eigenvalue weighted by Crippen LogP contribution is -2.35. The summed E-state index contributed by atoms with van der Waals surface area (Å²) in [5.41, 5.74) is 4.75. The van der Waals surface area contributed by atoms with Crippen LogP contribution < -0.4 is 5.73 Å². The van der Waals surface area contributed by atoms with Gasteiger partial charge in [0.2, 0.25) is 5.91 Å². The normalized spacial score (nSPS) is 23.2. The summed E-state index contributed by atoms with van der Waals surface area (Å²) in [4.78, 5) is 12.0. The molecule has 5 nitrogen and oxygen atoms in total. The van der Waals surface area contributed by atoms with Gasteiger partial charge in [0.25, 0.3) is 9.05 Å². The average Bonchev–Trinajstić information content (AvgIpc) is 2.29. The molecule has 1 amide bonds. The summed E-state index contributed by atoms with van der Waals surface area (Å²) < 4.78 is 21.6. The molecule has 0 saturated heterocycles. The molecule has 0 aliphatic carbocycles. The Hall–Kier alpha value is -0.240. The number of rotatable bonds is 1. The maximum atomic E-state index is 10.9. The summed E-state index contributed by atoms with van der Waals surface area (Å²) in [6.07, 6.45) is 1.14. The largest absolute Gasteiger partial charge is 0.302 e. The third-order valence-electron chi connectivity index (χ3n) is 1.36. The van der Waals surface area contributed by atoms with E-state index < -0.39 is 14.5 Å². The van der Waals surface area contributed by atoms with E-state index in [9.17, 15) is 13.2 Å². The monoisotopic (exact) mass is 242 g/mol. The SMILES string of the molecule is CC(=O)N1C=C(S(=O)(=O)Cl)SC1N. The topological polar surface area (TPSA) is 80.5 Å². The van der Waals surface area contributed by atoms with Crippen LogP contribution in [0.4, 0.5) is 0 Å². The molecule has 74 valence electrons. The lowest BCUT2D eigenvalue weighted by Gasteiger charge is -2.15. The van der Waals surface area contributed by atoms with Crippen LogP contribution in [0.15, 0.2) is 10.4 Å². The fourth-order valence-electron chi connectivity index (χ4n) is 0.784. The van der Waals surface area contributed by atoms with Gasteiger partial charge in [-0.2, -0.15) is 0 Å². The molecule has 0 bridgehead atoms. The van der Waals surface area contributed by atoms with Crippen molar-refractivity contribution in [3.63, 3.8) is 0 Å². The molecule has 2 N–H and O–H groups in total. The molecule has 1 aliphatic heterocycles. The molecule has 1 rings (SSSR count). The Labute approximate surface area is 84.3 Å². The molecular formula is C5H7ClN2O3S2. The summed E-state index contributed by atoms with van der Waals surface area (Å²) >= 11 is 0.833. The summed E-state index contributed by atoms with van der Waals surface area (Å²) in [5, 5.41) is 0. The second kappa shape index (κ2) is 3.49. The first kappa shape index (κ1) is 10.8. The number of carbonyl (C=O) groups is 1. The molecule has 8 heteroatoms. The van der Waals surface area contributed by atoms with Crippen LogP contribution in [0.5, 0.6) is 0 Å². The van der Waals surface area contributed by atoms with Gasteiger partial charge < -0.3 is 5.73 Å². The Kier molecular flexibility index (Phi) is 2.91. The maximum Gasteiger partial charge on any atom is 0.268 e. The van der Waals surface area contributed by atoms with Crippen molar-refractivity contribution in [2.24, 2.45) is 5.73 Å². The van der Waals surface area contributed by atoms with Crippen LogP contribution in [-0.4, -0.2) is 24.7 Å². The number of carbonyl (C=O) groups excluding carboxylic acids is 1. The van der Waals surface area contributed by atoms with Gasteiger partial charge in [-0.1, -0.05) is 11.8 Å². The van der Waals surface area contributed by atoms with Gasteiger partial charge in [-0.05, 0) is 0 Å². The minimum Gasteiger partial charge on any atom is -0.302 e. The van der Waals surface area contributed by atoms with E-state index in [2.05, 4.69) is 0 Å². The van der Waals surface area contributed by atoms with Gasteiger partial charge in [0.15, 0.2) is 0 Å². The number of nitrogens with zero attached hydrogens (tertiary/aromatic N) is 1. The van der Waals surface area contributed by atoms with Crippen LogP contribution in [0.2, 0.25) is 0 Å². The maximum absolute atomic E-state index is 10.9. The zero-order valence-corrected chi connectivity index (χ0v) is 8.99. The minimum atomic E-state index is -3.78. The lowest BCUT2D eigenvalue weighted by atomic mass is 10.6. The molecule has 1 aliphatic rings. The Balaban J connectivity index is 2.97. The summed E-state index contributed by atoms with van der Waals surface area (Å²) in [7, 11) is 1.28. The van der Waals surface area contributed by atoms with Crippen LogP contribution in [0.25, 0.3) is 0 Å². The molecule has 0 aromatic carbocycles. The van der Waals surface area contributed by atoms with E-state index in [1.165, 1.54) is 6.92 Å². The Bertz CT molecular complexity index is 364. The average molecular weight is 243 g/mol. The molecule has 0 aromatic heterocycles. The van der Waals surface area contributed by atoms with E-state index in [1.54, 1.807) is 0 Å². The molecule has 13 heavy (non-hydrogen) atoms. The third kappa shape index (κ3) is 2.37. The van der Waals surface area contributed by atoms with Gasteiger partial charge in [-0.25, -0.2) is 8.42 Å². The van der Waals surface area contributed by atoms with Gasteiger partial charge in [0, 0.05) is 23.8 Å². The van der Waals surface area contributed by atoms with E-state index >= 15 is 0 Å². The lowest BCUT2D eigenvalue weighted by molar-refractivity contribution is -0.126. The number of thioether (sulfide) groups is 1. The number of amides is 1. The highest BCUT2D eigenvalue weighted by molar-refractivity contribution is 8.29. The smallest absolute Gasteiger partial charge is 0.268 e. The van der Waals surface area contributed by atoms with Crippen molar-refractivity contribution in [3.05, 3.63) is 10.4 Å². The van der Waals surface area contributed by atoms with Crippen LogP contribution >= 0.6 is 22.4 Å². The zero-order valence-electron chi connectivity index (χ0n) is 6.60. The number of nitrogens with two attached hydrogens (primary N) is 1. The summed E-state index contributed by atoms with van der Waals surface area (Å²) in [6, 6.07) is 0. The molecule has 1 heterocycles. The van der Waals surface area contributed by atoms with E-state index in [1.807, 2.05) is 0 Å². The van der Waals surface area contributed by atoms with Crippen LogP contribution in [0.1, 0.15) is 6.92 Å². The van der Waals surface area contributed by atoms with Crippen LogP contribution in [0.3, 0.4) is 0 Å². The van der Waals surface area contributed by atoms with Gasteiger partial charge >= 0.3 is 0 Å². The molecule has 0 spiro atoms. The van der Waals surface area contributed by atoms with Crippen molar-refractivity contribution >= 4 is 37.4 Å². The molecule has 0 radical (unpaired) electrons. The predicted molar refractivity (Wildman–Crippen MR) is 50.9 cm³/mol. The Morgan fingerprint density at radius 1 is 1.77 bits per heavy atom. The number of halogens is 1. The Morgan fingerprint density at radius 2 is 2.31 bits per heavy atom. The van der Waals surface area contributed by atoms with Crippen molar-refractivity contribution in [1.82, 2.24) is 4.90 Å². The fraction of sp³-hybridized carbons (Fsp3) is 0.400. The second-order valence-corrected chi connectivity index (χ2v) is 6.27. The molecule has 1 unspecified atom stereocenters. The Morgan fingerprint density at radius 3 is 2.54 bits per heavy atom. The van der Waals surface area contributed by atoms with Gasteiger partial charge in [-0.3, -0.25) is 9.69 Å². The number of hydrogen-bond acceptors (Lipinski definition) is 5. The van der Waals surface area contributed by atoms with Gasteiger partial charge in [-0.15, -0.1) is 0 Å². The van der Waals surface area contributed by atoms with Crippen molar-refractivity contribution < 1.29 is 13.2 Å². The minimum absolute atomic E-state index is 0.100. The molecule has 0 saturated carbocycles. The highest BCUT2D eigenvalue weighted by Crippen LogP contribution is 2.35. The fourth-order valence-corrected chi connectivity index (χ4v) is 2.96. The predicted octanol–water partition coefficient (Wildman–Crippen LogP) is 0.192.